The Bertz CT molecular complexity index is 981. The number of ether oxygens (including phenoxy) is 3. The fourth-order valence-corrected chi connectivity index (χ4v) is 7.21. The first-order chi connectivity index (χ1) is 16.1. The molecule has 2 unspecified atom stereocenters. The van der Waals surface area contributed by atoms with E-state index < -0.39 is 0 Å². The highest BCUT2D eigenvalue weighted by atomic mass is 35.5. The van der Waals surface area contributed by atoms with Gasteiger partial charge in [-0.25, -0.2) is 0 Å². The SMILES string of the molecule is CCCC1(CCC)Oc2ccc(C3CCC(CCc4ccc5c(c4)OCO5)N3CO)cc2S1.Cl. The van der Waals surface area contributed by atoms with Gasteiger partial charge in [-0.05, 0) is 73.9 Å². The summed E-state index contributed by atoms with van der Waals surface area (Å²) in [4.78, 5) is 3.43. The highest BCUT2D eigenvalue weighted by Crippen LogP contribution is 2.53. The molecule has 5 rings (SSSR count). The molecule has 7 heteroatoms. The molecule has 0 aromatic heterocycles. The van der Waals surface area contributed by atoms with E-state index in [4.69, 9.17) is 14.2 Å². The van der Waals surface area contributed by atoms with Gasteiger partial charge in [-0.1, -0.05) is 50.6 Å². The summed E-state index contributed by atoms with van der Waals surface area (Å²) in [6.07, 6.45) is 8.56. The van der Waals surface area contributed by atoms with Crippen LogP contribution in [0.2, 0.25) is 0 Å². The van der Waals surface area contributed by atoms with E-state index in [-0.39, 0.29) is 30.1 Å². The first-order valence-corrected chi connectivity index (χ1v) is 13.2. The number of fused-ring (bicyclic) bond motifs is 2. The van der Waals surface area contributed by atoms with Gasteiger partial charge in [0.25, 0.3) is 0 Å². The standard InChI is InChI=1S/C27H35NO4S.ClH/c1-3-13-27(14-4-2)32-24-12-7-20(16-26(24)33-27)22-10-9-21(28(22)17-29)8-5-19-6-11-23-25(15-19)31-18-30-23;/h6-7,11-12,15-16,21-22,29H,3-5,8-10,13-14,17-18H2,1-2H3;1H. The second-order valence-corrected chi connectivity index (χ2v) is 10.8. The number of aliphatic hydroxyl groups is 1. The first-order valence-electron chi connectivity index (χ1n) is 12.4. The molecule has 2 atom stereocenters. The molecule has 2 aromatic rings. The topological polar surface area (TPSA) is 51.2 Å². The van der Waals surface area contributed by atoms with Gasteiger partial charge in [-0.3, -0.25) is 4.90 Å². The molecule has 1 N–H and O–H groups in total. The van der Waals surface area contributed by atoms with Gasteiger partial charge in [0, 0.05) is 12.1 Å². The van der Waals surface area contributed by atoms with Crippen molar-refractivity contribution in [1.82, 2.24) is 4.90 Å². The zero-order valence-electron chi connectivity index (χ0n) is 20.1. The third-order valence-corrected chi connectivity index (χ3v) is 8.62. The molecule has 0 spiro atoms. The van der Waals surface area contributed by atoms with E-state index in [9.17, 15) is 5.11 Å². The number of nitrogens with zero attached hydrogens (tertiary/aromatic N) is 1. The van der Waals surface area contributed by atoms with Crippen LogP contribution in [-0.4, -0.2) is 34.5 Å². The van der Waals surface area contributed by atoms with Crippen LogP contribution >= 0.6 is 24.2 Å². The smallest absolute Gasteiger partial charge is 0.231 e. The van der Waals surface area contributed by atoms with E-state index in [1.165, 1.54) is 16.0 Å². The normalized spacial score (nSPS) is 22.3. The maximum absolute atomic E-state index is 10.3. The van der Waals surface area contributed by atoms with Crippen molar-refractivity contribution in [1.29, 1.82) is 0 Å². The number of thioether (sulfide) groups is 1. The van der Waals surface area contributed by atoms with Crippen molar-refractivity contribution < 1.29 is 19.3 Å². The zero-order valence-corrected chi connectivity index (χ0v) is 21.8. The summed E-state index contributed by atoms with van der Waals surface area (Å²) in [7, 11) is 0. The molecule has 0 bridgehead atoms. The Labute approximate surface area is 213 Å². The van der Waals surface area contributed by atoms with Gasteiger partial charge < -0.3 is 19.3 Å². The Balaban J connectivity index is 0.00000274. The third-order valence-electron chi connectivity index (χ3n) is 7.22. The lowest BCUT2D eigenvalue weighted by molar-refractivity contribution is 0.0595. The predicted molar refractivity (Wildman–Crippen MR) is 138 cm³/mol. The van der Waals surface area contributed by atoms with Crippen molar-refractivity contribution >= 4 is 24.2 Å². The third kappa shape index (κ3) is 5.01. The van der Waals surface area contributed by atoms with E-state index in [1.807, 2.05) is 17.8 Å². The quantitative estimate of drug-likeness (QED) is 0.409. The van der Waals surface area contributed by atoms with Crippen LogP contribution in [0.1, 0.15) is 76.0 Å². The van der Waals surface area contributed by atoms with Crippen molar-refractivity contribution in [3.05, 3.63) is 47.5 Å². The van der Waals surface area contributed by atoms with Gasteiger partial charge in [0.05, 0.1) is 11.6 Å². The summed E-state index contributed by atoms with van der Waals surface area (Å²) in [5.74, 6) is 2.70. The summed E-state index contributed by atoms with van der Waals surface area (Å²) < 4.78 is 17.4. The van der Waals surface area contributed by atoms with Crippen molar-refractivity contribution in [2.24, 2.45) is 0 Å². The number of halogens is 1. The average Bonchev–Trinajstić information content (AvgIpc) is 3.53. The van der Waals surface area contributed by atoms with Gasteiger partial charge in [0.2, 0.25) is 6.79 Å². The van der Waals surface area contributed by atoms with Crippen molar-refractivity contribution in [3.8, 4) is 17.2 Å². The van der Waals surface area contributed by atoms with Gasteiger partial charge >= 0.3 is 0 Å². The second kappa shape index (κ2) is 11.0. The molecule has 1 saturated heterocycles. The number of hydrogen-bond acceptors (Lipinski definition) is 6. The minimum Gasteiger partial charge on any atom is -0.475 e. The molecule has 5 nitrogen and oxygen atoms in total. The Morgan fingerprint density at radius 1 is 1.00 bits per heavy atom. The number of aryl methyl sites for hydroxylation is 1. The highest BCUT2D eigenvalue weighted by molar-refractivity contribution is 8.00. The molecule has 0 radical (unpaired) electrons. The van der Waals surface area contributed by atoms with E-state index in [0.717, 1.165) is 68.6 Å². The van der Waals surface area contributed by atoms with Gasteiger partial charge in [-0.2, -0.15) is 0 Å². The Morgan fingerprint density at radius 2 is 1.76 bits per heavy atom. The van der Waals surface area contributed by atoms with E-state index in [1.54, 1.807) is 0 Å². The molecule has 186 valence electrons. The van der Waals surface area contributed by atoms with Crippen molar-refractivity contribution in [2.45, 2.75) is 87.1 Å². The molecule has 0 aliphatic carbocycles. The average molecular weight is 506 g/mol. The van der Waals surface area contributed by atoms with Gasteiger partial charge in [-0.15, -0.1) is 12.4 Å². The molecule has 2 aromatic carbocycles. The lowest BCUT2D eigenvalue weighted by Crippen LogP contribution is -2.32. The van der Waals surface area contributed by atoms with Crippen LogP contribution < -0.4 is 14.2 Å². The van der Waals surface area contributed by atoms with Crippen LogP contribution in [0, 0.1) is 0 Å². The highest BCUT2D eigenvalue weighted by Gasteiger charge is 2.40. The number of benzene rings is 2. The number of aliphatic hydroxyl groups excluding tert-OH is 1. The van der Waals surface area contributed by atoms with Crippen LogP contribution in [-0.2, 0) is 6.42 Å². The minimum atomic E-state index is -0.107. The Kier molecular flexibility index (Phi) is 8.24. The van der Waals surface area contributed by atoms with Gasteiger partial charge in [0.1, 0.15) is 5.75 Å². The zero-order chi connectivity index (χ0) is 22.8. The maximum Gasteiger partial charge on any atom is 0.231 e. The molecule has 0 amide bonds. The molecular weight excluding hydrogens is 470 g/mol. The van der Waals surface area contributed by atoms with E-state index >= 15 is 0 Å². The van der Waals surface area contributed by atoms with Crippen LogP contribution in [0.3, 0.4) is 0 Å². The minimum absolute atomic E-state index is 0. The summed E-state index contributed by atoms with van der Waals surface area (Å²) in [5.41, 5.74) is 2.56. The molecule has 0 saturated carbocycles. The molecule has 3 aliphatic rings. The predicted octanol–water partition coefficient (Wildman–Crippen LogP) is 6.71. The van der Waals surface area contributed by atoms with Gasteiger partial charge in [0.15, 0.2) is 16.4 Å². The summed E-state index contributed by atoms with van der Waals surface area (Å²) in [6, 6.07) is 13.5. The van der Waals surface area contributed by atoms with Crippen molar-refractivity contribution in [3.63, 3.8) is 0 Å². The van der Waals surface area contributed by atoms with Crippen LogP contribution in [0.25, 0.3) is 0 Å². The fraction of sp³-hybridized carbons (Fsp3) is 0.556. The van der Waals surface area contributed by atoms with Crippen molar-refractivity contribution in [2.75, 3.05) is 13.5 Å². The Morgan fingerprint density at radius 3 is 2.53 bits per heavy atom. The Hall–Kier alpha value is -1.60. The number of likely N-dealkylation sites (tertiary alicyclic amines) is 1. The summed E-state index contributed by atoms with van der Waals surface area (Å²) in [6.45, 7) is 4.87. The molecule has 3 heterocycles. The van der Waals surface area contributed by atoms with Crippen LogP contribution in [0.5, 0.6) is 17.2 Å². The lowest BCUT2D eigenvalue weighted by atomic mass is 10.0. The monoisotopic (exact) mass is 505 g/mol. The first kappa shape index (κ1) is 25.5. The lowest BCUT2D eigenvalue weighted by Gasteiger charge is -2.28. The second-order valence-electron chi connectivity index (χ2n) is 9.45. The summed E-state index contributed by atoms with van der Waals surface area (Å²) >= 11 is 1.91. The largest absolute Gasteiger partial charge is 0.475 e. The molecule has 34 heavy (non-hydrogen) atoms. The van der Waals surface area contributed by atoms with E-state index in [0.29, 0.717) is 12.8 Å². The van der Waals surface area contributed by atoms with E-state index in [2.05, 4.69) is 49.1 Å². The number of hydrogen-bond donors (Lipinski definition) is 1. The summed E-state index contributed by atoms with van der Waals surface area (Å²) in [5, 5.41) is 10.3. The molecular formula is C27H36ClNO4S. The van der Waals surface area contributed by atoms with Crippen LogP contribution in [0.15, 0.2) is 41.3 Å². The van der Waals surface area contributed by atoms with Crippen LogP contribution in [0.4, 0.5) is 0 Å². The molecule has 1 fully saturated rings. The number of rotatable bonds is 9. The fourth-order valence-electron chi connectivity index (χ4n) is 5.66. The molecule has 3 aliphatic heterocycles. The maximum atomic E-state index is 10.3.